The van der Waals surface area contributed by atoms with E-state index in [0.29, 0.717) is 6.54 Å². The first-order valence-electron chi connectivity index (χ1n) is 5.19. The second-order valence-corrected chi connectivity index (χ2v) is 3.87. The van der Waals surface area contributed by atoms with Crippen molar-refractivity contribution in [2.24, 2.45) is 19.8 Å². The number of aryl methyl sites for hydroxylation is 1. The zero-order valence-electron chi connectivity index (χ0n) is 9.27. The van der Waals surface area contributed by atoms with Crippen LogP contribution in [0.25, 0.3) is 11.3 Å². The van der Waals surface area contributed by atoms with Crippen molar-refractivity contribution in [3.8, 4) is 11.3 Å². The number of nitrogens with zero attached hydrogens (tertiary/aromatic N) is 2. The Morgan fingerprint density at radius 3 is 2.60 bits per heavy atom. The van der Waals surface area contributed by atoms with E-state index in [0.717, 1.165) is 6.42 Å². The molecule has 2 heterocycles. The Morgan fingerprint density at radius 1 is 1.20 bits per heavy atom. The minimum atomic E-state index is 0.700. The maximum atomic E-state index is 5.56. The molecular weight excluding hydrogens is 186 g/mol. The van der Waals surface area contributed by atoms with Gasteiger partial charge in [-0.2, -0.15) is 0 Å². The van der Waals surface area contributed by atoms with E-state index in [4.69, 9.17) is 5.73 Å². The molecule has 0 aliphatic rings. The van der Waals surface area contributed by atoms with Gasteiger partial charge >= 0.3 is 0 Å². The summed E-state index contributed by atoms with van der Waals surface area (Å²) in [6.07, 6.45) is 5.12. The Bertz CT molecular complexity index is 451. The standard InChI is InChI=1S/C12H17N3/c1-14-8-6-10(9-14)12-4-3-11(5-7-13)15(12)2/h3-4,6,8-9H,5,7,13H2,1-2H3. The summed E-state index contributed by atoms with van der Waals surface area (Å²) < 4.78 is 4.27. The number of rotatable bonds is 3. The van der Waals surface area contributed by atoms with Crippen molar-refractivity contribution in [2.45, 2.75) is 6.42 Å². The molecule has 2 aromatic rings. The van der Waals surface area contributed by atoms with Crippen LogP contribution in [0.15, 0.2) is 30.6 Å². The van der Waals surface area contributed by atoms with Crippen LogP contribution in [0.1, 0.15) is 5.69 Å². The molecule has 0 saturated carbocycles. The van der Waals surface area contributed by atoms with Gasteiger partial charge in [0.05, 0.1) is 0 Å². The summed E-state index contributed by atoms with van der Waals surface area (Å²) in [6.45, 7) is 0.700. The predicted octanol–water partition coefficient (Wildman–Crippen LogP) is 1.53. The van der Waals surface area contributed by atoms with Crippen molar-refractivity contribution in [2.75, 3.05) is 6.54 Å². The predicted molar refractivity (Wildman–Crippen MR) is 62.6 cm³/mol. The zero-order chi connectivity index (χ0) is 10.8. The summed E-state index contributed by atoms with van der Waals surface area (Å²) in [5.41, 5.74) is 9.35. The second kappa shape index (κ2) is 3.95. The zero-order valence-corrected chi connectivity index (χ0v) is 9.27. The fraction of sp³-hybridized carbons (Fsp3) is 0.333. The SMILES string of the molecule is Cn1ccc(-c2ccc(CCN)n2C)c1. The number of nitrogens with two attached hydrogens (primary N) is 1. The van der Waals surface area contributed by atoms with E-state index in [2.05, 4.69) is 46.8 Å². The van der Waals surface area contributed by atoms with Crippen LogP contribution >= 0.6 is 0 Å². The lowest BCUT2D eigenvalue weighted by molar-refractivity contribution is 0.812. The van der Waals surface area contributed by atoms with Gasteiger partial charge in [-0.3, -0.25) is 0 Å². The topological polar surface area (TPSA) is 35.9 Å². The highest BCUT2D eigenvalue weighted by molar-refractivity contribution is 5.60. The van der Waals surface area contributed by atoms with Crippen LogP contribution in [0.5, 0.6) is 0 Å². The lowest BCUT2D eigenvalue weighted by Gasteiger charge is -2.05. The van der Waals surface area contributed by atoms with Crippen LogP contribution in [0.2, 0.25) is 0 Å². The first-order chi connectivity index (χ1) is 7.22. The molecule has 2 aromatic heterocycles. The molecule has 0 bridgehead atoms. The molecule has 0 atom stereocenters. The van der Waals surface area contributed by atoms with Crippen LogP contribution in [-0.2, 0) is 20.5 Å². The largest absolute Gasteiger partial charge is 0.357 e. The minimum absolute atomic E-state index is 0.700. The van der Waals surface area contributed by atoms with Crippen LogP contribution in [0.3, 0.4) is 0 Å². The Morgan fingerprint density at radius 2 is 2.00 bits per heavy atom. The average molecular weight is 203 g/mol. The summed E-state index contributed by atoms with van der Waals surface area (Å²) in [5.74, 6) is 0. The molecule has 2 N–H and O–H groups in total. The van der Waals surface area contributed by atoms with Gasteiger partial charge in [-0.05, 0) is 31.2 Å². The normalized spacial score (nSPS) is 10.9. The molecule has 0 saturated heterocycles. The van der Waals surface area contributed by atoms with Crippen molar-refractivity contribution in [1.82, 2.24) is 9.13 Å². The van der Waals surface area contributed by atoms with Crippen LogP contribution in [0, 0.1) is 0 Å². The van der Waals surface area contributed by atoms with Gasteiger partial charge in [-0.1, -0.05) is 0 Å². The van der Waals surface area contributed by atoms with E-state index in [1.165, 1.54) is 17.0 Å². The van der Waals surface area contributed by atoms with Crippen LogP contribution in [-0.4, -0.2) is 15.7 Å². The summed E-state index contributed by atoms with van der Waals surface area (Å²) in [5, 5.41) is 0. The third kappa shape index (κ3) is 1.83. The number of aromatic nitrogens is 2. The van der Waals surface area contributed by atoms with E-state index in [-0.39, 0.29) is 0 Å². The van der Waals surface area contributed by atoms with Gasteiger partial charge in [-0.15, -0.1) is 0 Å². The third-order valence-corrected chi connectivity index (χ3v) is 2.75. The van der Waals surface area contributed by atoms with E-state index >= 15 is 0 Å². The lowest BCUT2D eigenvalue weighted by Crippen LogP contribution is -2.06. The summed E-state index contributed by atoms with van der Waals surface area (Å²) >= 11 is 0. The third-order valence-electron chi connectivity index (χ3n) is 2.75. The highest BCUT2D eigenvalue weighted by atomic mass is 15.0. The first-order valence-corrected chi connectivity index (χ1v) is 5.19. The molecule has 0 radical (unpaired) electrons. The second-order valence-electron chi connectivity index (χ2n) is 3.87. The fourth-order valence-corrected chi connectivity index (χ4v) is 1.90. The van der Waals surface area contributed by atoms with Gasteiger partial charge in [0, 0.05) is 43.4 Å². The molecule has 0 aliphatic heterocycles. The van der Waals surface area contributed by atoms with Crippen LogP contribution < -0.4 is 5.73 Å². The number of hydrogen-bond donors (Lipinski definition) is 1. The Labute approximate surface area is 90.1 Å². The molecular formula is C12H17N3. The molecule has 0 fully saturated rings. The van der Waals surface area contributed by atoms with Crippen molar-refractivity contribution < 1.29 is 0 Å². The smallest absolute Gasteiger partial charge is 0.0495 e. The van der Waals surface area contributed by atoms with Gasteiger partial charge in [0.25, 0.3) is 0 Å². The highest BCUT2D eigenvalue weighted by Gasteiger charge is 2.06. The van der Waals surface area contributed by atoms with E-state index in [1.807, 2.05) is 7.05 Å². The average Bonchev–Trinajstić information content (AvgIpc) is 2.76. The molecule has 15 heavy (non-hydrogen) atoms. The molecule has 2 rings (SSSR count). The quantitative estimate of drug-likeness (QED) is 0.807. The molecule has 3 nitrogen and oxygen atoms in total. The molecule has 80 valence electrons. The van der Waals surface area contributed by atoms with Gasteiger partial charge in [-0.25, -0.2) is 0 Å². The Balaban J connectivity index is 2.37. The first kappa shape index (κ1) is 10.1. The lowest BCUT2D eigenvalue weighted by atomic mass is 10.2. The Kier molecular flexibility index (Phi) is 2.64. The van der Waals surface area contributed by atoms with Crippen LogP contribution in [0.4, 0.5) is 0 Å². The minimum Gasteiger partial charge on any atom is -0.357 e. The highest BCUT2D eigenvalue weighted by Crippen LogP contribution is 2.21. The number of hydrogen-bond acceptors (Lipinski definition) is 1. The maximum Gasteiger partial charge on any atom is 0.0495 e. The monoisotopic (exact) mass is 203 g/mol. The molecule has 3 heteroatoms. The van der Waals surface area contributed by atoms with Crippen molar-refractivity contribution in [3.63, 3.8) is 0 Å². The van der Waals surface area contributed by atoms with E-state index < -0.39 is 0 Å². The van der Waals surface area contributed by atoms with Crippen molar-refractivity contribution >= 4 is 0 Å². The van der Waals surface area contributed by atoms with Crippen molar-refractivity contribution in [3.05, 3.63) is 36.3 Å². The van der Waals surface area contributed by atoms with Gasteiger partial charge in [0.2, 0.25) is 0 Å². The summed E-state index contributed by atoms with van der Waals surface area (Å²) in [7, 11) is 4.13. The molecule has 0 amide bonds. The van der Waals surface area contributed by atoms with Gasteiger partial charge in [0.1, 0.15) is 0 Å². The molecule has 0 spiro atoms. The molecule has 0 unspecified atom stereocenters. The van der Waals surface area contributed by atoms with E-state index in [9.17, 15) is 0 Å². The summed E-state index contributed by atoms with van der Waals surface area (Å²) in [6, 6.07) is 6.43. The van der Waals surface area contributed by atoms with Crippen molar-refractivity contribution in [1.29, 1.82) is 0 Å². The maximum absolute atomic E-state index is 5.56. The Hall–Kier alpha value is -1.48. The molecule has 0 aromatic carbocycles. The summed E-state index contributed by atoms with van der Waals surface area (Å²) in [4.78, 5) is 0. The van der Waals surface area contributed by atoms with Gasteiger partial charge in [0.15, 0.2) is 0 Å². The molecule has 0 aliphatic carbocycles. The fourth-order valence-electron chi connectivity index (χ4n) is 1.90. The van der Waals surface area contributed by atoms with Gasteiger partial charge < -0.3 is 14.9 Å². The van der Waals surface area contributed by atoms with E-state index in [1.54, 1.807) is 0 Å².